The lowest BCUT2D eigenvalue weighted by atomic mass is 10.0. The Morgan fingerprint density at radius 2 is 2.42 bits per heavy atom. The molecule has 1 unspecified atom stereocenters. The fraction of sp³-hybridized carbons (Fsp3) is 0.615. The predicted molar refractivity (Wildman–Crippen MR) is 66.9 cm³/mol. The lowest BCUT2D eigenvalue weighted by molar-refractivity contribution is 0.0265. The Labute approximate surface area is 111 Å². The van der Waals surface area contributed by atoms with E-state index >= 15 is 0 Å². The Morgan fingerprint density at radius 1 is 1.63 bits per heavy atom. The zero-order valence-corrected chi connectivity index (χ0v) is 11.2. The number of hydrogen-bond acceptors (Lipinski definition) is 6. The summed E-state index contributed by atoms with van der Waals surface area (Å²) in [6.45, 7) is 3.53. The summed E-state index contributed by atoms with van der Waals surface area (Å²) >= 11 is 0. The van der Waals surface area contributed by atoms with Gasteiger partial charge in [0.05, 0.1) is 20.3 Å². The highest BCUT2D eigenvalue weighted by Gasteiger charge is 2.31. The number of carbonyl (C=O) groups is 1. The Hall–Kier alpha value is -1.37. The summed E-state index contributed by atoms with van der Waals surface area (Å²) in [5.41, 5.74) is -0.366. The second-order valence-corrected chi connectivity index (χ2v) is 4.80. The smallest absolute Gasteiger partial charge is 0.341 e. The summed E-state index contributed by atoms with van der Waals surface area (Å²) < 4.78 is 15.3. The van der Waals surface area contributed by atoms with Crippen molar-refractivity contribution in [3.63, 3.8) is 0 Å². The molecule has 2 N–H and O–H groups in total. The van der Waals surface area contributed by atoms with Gasteiger partial charge in [-0.25, -0.2) is 4.79 Å². The molecule has 0 radical (unpaired) electrons. The molecule has 0 bridgehead atoms. The number of furan rings is 1. The number of nitrogens with one attached hydrogen (secondary N) is 1. The molecular weight excluding hydrogens is 250 g/mol. The molecule has 1 saturated heterocycles. The van der Waals surface area contributed by atoms with Gasteiger partial charge in [-0.15, -0.1) is 0 Å². The third-order valence-electron chi connectivity index (χ3n) is 3.21. The van der Waals surface area contributed by atoms with Crippen LogP contribution in [0.2, 0.25) is 0 Å². The van der Waals surface area contributed by atoms with Crippen molar-refractivity contribution in [1.82, 2.24) is 5.32 Å². The van der Waals surface area contributed by atoms with Gasteiger partial charge in [-0.1, -0.05) is 0 Å². The summed E-state index contributed by atoms with van der Waals surface area (Å²) in [4.78, 5) is 11.4. The number of hydrogen-bond donors (Lipinski definition) is 2. The molecule has 1 aliphatic rings. The minimum absolute atomic E-state index is 0.352. The largest absolute Gasteiger partial charge is 0.465 e. The molecule has 6 heteroatoms. The summed E-state index contributed by atoms with van der Waals surface area (Å²) in [6, 6.07) is 1.66. The molecule has 0 aliphatic carbocycles. The van der Waals surface area contributed by atoms with E-state index in [1.165, 1.54) is 7.11 Å². The first-order chi connectivity index (χ1) is 9.04. The van der Waals surface area contributed by atoms with Crippen molar-refractivity contribution in [3.8, 4) is 0 Å². The zero-order valence-electron chi connectivity index (χ0n) is 11.2. The van der Waals surface area contributed by atoms with Crippen LogP contribution in [0.5, 0.6) is 0 Å². The van der Waals surface area contributed by atoms with E-state index in [0.717, 1.165) is 0 Å². The maximum atomic E-state index is 11.4. The molecule has 1 fully saturated rings. The molecular formula is C13H19NO5. The lowest BCUT2D eigenvalue weighted by Crippen LogP contribution is -2.40. The van der Waals surface area contributed by atoms with E-state index in [1.807, 2.05) is 0 Å². The Morgan fingerprint density at radius 3 is 3.05 bits per heavy atom. The SMILES string of the molecule is COC(=O)c1cc(CNCC2(O)CCOC2)oc1C. The van der Waals surface area contributed by atoms with E-state index in [9.17, 15) is 9.90 Å². The number of aliphatic hydroxyl groups is 1. The first kappa shape index (κ1) is 14.0. The van der Waals surface area contributed by atoms with Crippen LogP contribution in [0.3, 0.4) is 0 Å². The number of carbonyl (C=O) groups excluding carboxylic acids is 1. The second kappa shape index (κ2) is 5.73. The highest BCUT2D eigenvalue weighted by molar-refractivity contribution is 5.90. The van der Waals surface area contributed by atoms with Gasteiger partial charge in [0.15, 0.2) is 0 Å². The van der Waals surface area contributed by atoms with Gasteiger partial charge in [0.1, 0.15) is 22.7 Å². The van der Waals surface area contributed by atoms with Gasteiger partial charge in [0.25, 0.3) is 0 Å². The van der Waals surface area contributed by atoms with Crippen molar-refractivity contribution in [2.24, 2.45) is 0 Å². The van der Waals surface area contributed by atoms with Crippen LogP contribution in [-0.4, -0.2) is 43.5 Å². The number of methoxy groups -OCH3 is 1. The maximum absolute atomic E-state index is 11.4. The van der Waals surface area contributed by atoms with Crippen molar-refractivity contribution in [1.29, 1.82) is 0 Å². The Balaban J connectivity index is 1.88. The summed E-state index contributed by atoms with van der Waals surface area (Å²) in [5.74, 6) is 0.766. The van der Waals surface area contributed by atoms with Crippen LogP contribution in [0, 0.1) is 6.92 Å². The van der Waals surface area contributed by atoms with Crippen molar-refractivity contribution < 1.29 is 23.8 Å². The summed E-state index contributed by atoms with van der Waals surface area (Å²) in [5, 5.41) is 13.2. The molecule has 1 aromatic rings. The van der Waals surface area contributed by atoms with E-state index in [-0.39, 0.29) is 0 Å². The van der Waals surface area contributed by atoms with Crippen LogP contribution in [0.4, 0.5) is 0 Å². The average Bonchev–Trinajstić information content (AvgIpc) is 2.96. The first-order valence-corrected chi connectivity index (χ1v) is 6.22. The molecule has 6 nitrogen and oxygen atoms in total. The van der Waals surface area contributed by atoms with Gasteiger partial charge >= 0.3 is 5.97 Å². The summed E-state index contributed by atoms with van der Waals surface area (Å²) in [6.07, 6.45) is 0.630. The van der Waals surface area contributed by atoms with Crippen molar-refractivity contribution in [3.05, 3.63) is 23.2 Å². The fourth-order valence-electron chi connectivity index (χ4n) is 2.10. The molecule has 19 heavy (non-hydrogen) atoms. The van der Waals surface area contributed by atoms with Crippen molar-refractivity contribution in [2.45, 2.75) is 25.5 Å². The number of esters is 1. The van der Waals surface area contributed by atoms with Gasteiger partial charge in [0.2, 0.25) is 0 Å². The molecule has 0 spiro atoms. The molecule has 1 aromatic heterocycles. The standard InChI is InChI=1S/C13H19NO5/c1-9-11(12(15)17-2)5-10(19-9)6-14-7-13(16)3-4-18-8-13/h5,14,16H,3-4,6-8H2,1-2H3. The third kappa shape index (κ3) is 3.34. The highest BCUT2D eigenvalue weighted by Crippen LogP contribution is 2.18. The highest BCUT2D eigenvalue weighted by atomic mass is 16.5. The van der Waals surface area contributed by atoms with Crippen LogP contribution in [0.15, 0.2) is 10.5 Å². The molecule has 106 valence electrons. The average molecular weight is 269 g/mol. The van der Waals surface area contributed by atoms with Crippen LogP contribution in [0.25, 0.3) is 0 Å². The molecule has 0 saturated carbocycles. The van der Waals surface area contributed by atoms with Gasteiger partial charge < -0.3 is 24.3 Å². The molecule has 0 aromatic carbocycles. The number of aryl methyl sites for hydroxylation is 1. The zero-order chi connectivity index (χ0) is 13.9. The Kier molecular flexibility index (Phi) is 4.24. The van der Waals surface area contributed by atoms with E-state index in [1.54, 1.807) is 13.0 Å². The van der Waals surface area contributed by atoms with E-state index < -0.39 is 11.6 Å². The predicted octanol–water partition coefficient (Wildman–Crippen LogP) is 0.616. The fourth-order valence-corrected chi connectivity index (χ4v) is 2.10. The molecule has 0 amide bonds. The van der Waals surface area contributed by atoms with E-state index in [4.69, 9.17) is 9.15 Å². The maximum Gasteiger partial charge on any atom is 0.341 e. The molecule has 1 aliphatic heterocycles. The quantitative estimate of drug-likeness (QED) is 0.763. The van der Waals surface area contributed by atoms with Crippen molar-refractivity contribution >= 4 is 5.97 Å². The van der Waals surface area contributed by atoms with Crippen molar-refractivity contribution in [2.75, 3.05) is 26.9 Å². The van der Waals surface area contributed by atoms with Gasteiger partial charge in [-0.05, 0) is 13.0 Å². The minimum Gasteiger partial charge on any atom is -0.465 e. The van der Waals surface area contributed by atoms with Gasteiger partial charge in [-0.2, -0.15) is 0 Å². The third-order valence-corrected chi connectivity index (χ3v) is 3.21. The van der Waals surface area contributed by atoms with Crippen LogP contribution in [-0.2, 0) is 16.0 Å². The molecule has 2 rings (SSSR count). The second-order valence-electron chi connectivity index (χ2n) is 4.80. The lowest BCUT2D eigenvalue weighted by Gasteiger charge is -2.20. The summed E-state index contributed by atoms with van der Waals surface area (Å²) in [7, 11) is 1.34. The van der Waals surface area contributed by atoms with Crippen LogP contribution >= 0.6 is 0 Å². The van der Waals surface area contributed by atoms with E-state index in [2.05, 4.69) is 10.1 Å². The monoisotopic (exact) mass is 269 g/mol. The van der Waals surface area contributed by atoms with Gasteiger partial charge in [-0.3, -0.25) is 0 Å². The number of ether oxygens (including phenoxy) is 2. The topological polar surface area (TPSA) is 80.9 Å². The Bertz CT molecular complexity index is 448. The number of rotatable bonds is 5. The van der Waals surface area contributed by atoms with Crippen LogP contribution < -0.4 is 5.32 Å². The first-order valence-electron chi connectivity index (χ1n) is 6.22. The van der Waals surface area contributed by atoms with Gasteiger partial charge in [0, 0.05) is 19.6 Å². The molecule has 2 heterocycles. The molecule has 1 atom stereocenters. The van der Waals surface area contributed by atoms with Crippen LogP contribution in [0.1, 0.15) is 28.3 Å². The van der Waals surface area contributed by atoms with E-state index in [0.29, 0.717) is 49.8 Å². The normalized spacial score (nSPS) is 22.7. The minimum atomic E-state index is -0.799.